The van der Waals surface area contributed by atoms with E-state index in [2.05, 4.69) is 20.3 Å². The normalized spacial score (nSPS) is 12.9. The maximum absolute atomic E-state index is 6.00. The van der Waals surface area contributed by atoms with Gasteiger partial charge in [-0.15, -0.1) is 0 Å². The summed E-state index contributed by atoms with van der Waals surface area (Å²) >= 11 is 0. The SMILES string of the molecule is CCc1nnc(C)cc1-c1nc(C(N)COC(C)C)no1. The molecule has 1 unspecified atom stereocenters. The largest absolute Gasteiger partial charge is 0.377 e. The van der Waals surface area contributed by atoms with E-state index in [0.29, 0.717) is 18.3 Å². The molecule has 114 valence electrons. The highest BCUT2D eigenvalue weighted by Crippen LogP contribution is 2.22. The van der Waals surface area contributed by atoms with E-state index in [-0.39, 0.29) is 6.10 Å². The van der Waals surface area contributed by atoms with Crippen LogP contribution in [0.5, 0.6) is 0 Å². The van der Waals surface area contributed by atoms with Gasteiger partial charge < -0.3 is 15.0 Å². The first-order chi connectivity index (χ1) is 10.0. The van der Waals surface area contributed by atoms with Crippen molar-refractivity contribution >= 4 is 0 Å². The van der Waals surface area contributed by atoms with E-state index in [4.69, 9.17) is 15.0 Å². The van der Waals surface area contributed by atoms with E-state index >= 15 is 0 Å². The van der Waals surface area contributed by atoms with Gasteiger partial charge in [-0.2, -0.15) is 15.2 Å². The third-order valence-corrected chi connectivity index (χ3v) is 2.94. The molecule has 7 nitrogen and oxygen atoms in total. The zero-order chi connectivity index (χ0) is 15.4. The number of aryl methyl sites for hydroxylation is 2. The van der Waals surface area contributed by atoms with Crippen molar-refractivity contribution in [2.45, 2.75) is 46.3 Å². The fraction of sp³-hybridized carbons (Fsp3) is 0.571. The van der Waals surface area contributed by atoms with Crippen LogP contribution in [0, 0.1) is 6.92 Å². The van der Waals surface area contributed by atoms with E-state index in [1.807, 2.05) is 33.8 Å². The summed E-state index contributed by atoms with van der Waals surface area (Å²) in [5.41, 5.74) is 8.43. The minimum Gasteiger partial charge on any atom is -0.377 e. The zero-order valence-electron chi connectivity index (χ0n) is 12.8. The Morgan fingerprint density at radius 1 is 1.33 bits per heavy atom. The molecule has 0 aliphatic rings. The lowest BCUT2D eigenvalue weighted by molar-refractivity contribution is 0.0665. The second-order valence-corrected chi connectivity index (χ2v) is 5.15. The number of aromatic nitrogens is 4. The second kappa shape index (κ2) is 6.73. The Morgan fingerprint density at radius 2 is 2.10 bits per heavy atom. The average Bonchev–Trinajstić information content (AvgIpc) is 2.94. The van der Waals surface area contributed by atoms with E-state index in [1.165, 1.54) is 0 Å². The topological polar surface area (TPSA) is 100.0 Å². The Morgan fingerprint density at radius 3 is 2.76 bits per heavy atom. The summed E-state index contributed by atoms with van der Waals surface area (Å²) in [5.74, 6) is 0.849. The van der Waals surface area contributed by atoms with Gasteiger partial charge in [0.05, 0.1) is 35.7 Å². The lowest BCUT2D eigenvalue weighted by atomic mass is 10.1. The fourth-order valence-electron chi connectivity index (χ4n) is 1.83. The minimum atomic E-state index is -0.411. The van der Waals surface area contributed by atoms with Gasteiger partial charge in [-0.1, -0.05) is 12.1 Å². The number of nitrogens with zero attached hydrogens (tertiary/aromatic N) is 4. The summed E-state index contributed by atoms with van der Waals surface area (Å²) in [6.45, 7) is 8.13. The summed E-state index contributed by atoms with van der Waals surface area (Å²) in [6, 6.07) is 1.48. The summed E-state index contributed by atoms with van der Waals surface area (Å²) in [5, 5.41) is 12.1. The van der Waals surface area contributed by atoms with Gasteiger partial charge in [0.25, 0.3) is 5.89 Å². The monoisotopic (exact) mass is 291 g/mol. The first-order valence-corrected chi connectivity index (χ1v) is 7.05. The van der Waals surface area contributed by atoms with Gasteiger partial charge in [0, 0.05) is 0 Å². The molecule has 2 rings (SSSR count). The molecule has 0 bridgehead atoms. The van der Waals surface area contributed by atoms with Gasteiger partial charge in [-0.3, -0.25) is 0 Å². The maximum Gasteiger partial charge on any atom is 0.259 e. The molecule has 2 aromatic rings. The Kier molecular flexibility index (Phi) is 4.98. The third kappa shape index (κ3) is 3.83. The first-order valence-electron chi connectivity index (χ1n) is 7.05. The van der Waals surface area contributed by atoms with E-state index in [0.717, 1.165) is 23.4 Å². The van der Waals surface area contributed by atoms with Crippen molar-refractivity contribution in [3.8, 4) is 11.5 Å². The summed E-state index contributed by atoms with van der Waals surface area (Å²) in [4.78, 5) is 4.36. The highest BCUT2D eigenvalue weighted by atomic mass is 16.5. The Hall–Kier alpha value is -1.86. The van der Waals surface area contributed by atoms with Gasteiger partial charge in [-0.25, -0.2) is 0 Å². The van der Waals surface area contributed by atoms with Crippen LogP contribution >= 0.6 is 0 Å². The van der Waals surface area contributed by atoms with Crippen LogP contribution in [-0.2, 0) is 11.2 Å². The van der Waals surface area contributed by atoms with E-state index < -0.39 is 6.04 Å². The quantitative estimate of drug-likeness (QED) is 0.866. The molecule has 0 fully saturated rings. The molecule has 2 N–H and O–H groups in total. The molecule has 0 saturated carbocycles. The van der Waals surface area contributed by atoms with Crippen LogP contribution in [0.2, 0.25) is 0 Å². The standard InChI is InChI=1S/C14H21N5O2/c1-5-12-10(6-9(4)17-18-12)14-16-13(19-21-14)11(15)7-20-8(2)3/h6,8,11H,5,7,15H2,1-4H3. The number of hydrogen-bond donors (Lipinski definition) is 1. The number of hydrogen-bond acceptors (Lipinski definition) is 7. The van der Waals surface area contributed by atoms with Gasteiger partial charge in [-0.05, 0) is 33.3 Å². The molecule has 0 amide bonds. The van der Waals surface area contributed by atoms with E-state index in [1.54, 1.807) is 0 Å². The predicted molar refractivity (Wildman–Crippen MR) is 77.5 cm³/mol. The molecule has 0 saturated heterocycles. The molecule has 1 atom stereocenters. The zero-order valence-corrected chi connectivity index (χ0v) is 12.8. The van der Waals surface area contributed by atoms with Crippen LogP contribution in [0.1, 0.15) is 44.0 Å². The van der Waals surface area contributed by atoms with Crippen molar-refractivity contribution in [2.75, 3.05) is 6.61 Å². The molecule has 21 heavy (non-hydrogen) atoms. The molecule has 0 spiro atoms. The molecule has 7 heteroatoms. The Bertz CT molecular complexity index is 597. The van der Waals surface area contributed by atoms with Crippen LogP contribution in [0.4, 0.5) is 0 Å². The molecular formula is C14H21N5O2. The lowest BCUT2D eigenvalue weighted by Gasteiger charge is -2.10. The molecule has 2 aromatic heterocycles. The van der Waals surface area contributed by atoms with Gasteiger partial charge in [0.2, 0.25) is 0 Å². The maximum atomic E-state index is 6.00. The molecule has 0 aliphatic heterocycles. The van der Waals surface area contributed by atoms with Gasteiger partial charge in [0.1, 0.15) is 0 Å². The minimum absolute atomic E-state index is 0.112. The third-order valence-electron chi connectivity index (χ3n) is 2.94. The van der Waals surface area contributed by atoms with Crippen molar-refractivity contribution in [1.29, 1.82) is 0 Å². The Labute approximate surface area is 123 Å². The van der Waals surface area contributed by atoms with Crippen LogP contribution in [-0.4, -0.2) is 33.0 Å². The number of ether oxygens (including phenoxy) is 1. The molecule has 0 radical (unpaired) electrons. The number of rotatable bonds is 6. The molecule has 2 heterocycles. The predicted octanol–water partition coefficient (Wildman–Crippen LogP) is 1.82. The highest BCUT2D eigenvalue weighted by molar-refractivity contribution is 5.56. The van der Waals surface area contributed by atoms with Crippen LogP contribution < -0.4 is 5.73 Å². The molecular weight excluding hydrogens is 270 g/mol. The number of nitrogens with two attached hydrogens (primary N) is 1. The van der Waals surface area contributed by atoms with Crippen LogP contribution in [0.3, 0.4) is 0 Å². The Balaban J connectivity index is 2.21. The average molecular weight is 291 g/mol. The summed E-state index contributed by atoms with van der Waals surface area (Å²) in [6.07, 6.45) is 0.851. The van der Waals surface area contributed by atoms with Crippen molar-refractivity contribution in [3.63, 3.8) is 0 Å². The summed E-state index contributed by atoms with van der Waals surface area (Å²) in [7, 11) is 0. The molecule has 0 aromatic carbocycles. The molecule has 0 aliphatic carbocycles. The van der Waals surface area contributed by atoms with Crippen LogP contribution in [0.25, 0.3) is 11.5 Å². The van der Waals surface area contributed by atoms with Gasteiger partial charge >= 0.3 is 0 Å². The van der Waals surface area contributed by atoms with Gasteiger partial charge in [0.15, 0.2) is 5.82 Å². The van der Waals surface area contributed by atoms with Crippen LogP contribution in [0.15, 0.2) is 10.6 Å². The highest BCUT2D eigenvalue weighted by Gasteiger charge is 2.18. The van der Waals surface area contributed by atoms with E-state index in [9.17, 15) is 0 Å². The van der Waals surface area contributed by atoms with Crippen molar-refractivity contribution in [3.05, 3.63) is 23.3 Å². The van der Waals surface area contributed by atoms with Crippen molar-refractivity contribution in [2.24, 2.45) is 5.73 Å². The van der Waals surface area contributed by atoms with Crippen molar-refractivity contribution < 1.29 is 9.26 Å². The first kappa shape index (κ1) is 15.5. The smallest absolute Gasteiger partial charge is 0.259 e. The second-order valence-electron chi connectivity index (χ2n) is 5.15. The van der Waals surface area contributed by atoms with Crippen molar-refractivity contribution in [1.82, 2.24) is 20.3 Å². The lowest BCUT2D eigenvalue weighted by Crippen LogP contribution is -2.20. The summed E-state index contributed by atoms with van der Waals surface area (Å²) < 4.78 is 10.8. The fourth-order valence-corrected chi connectivity index (χ4v) is 1.83.